The van der Waals surface area contributed by atoms with E-state index in [-0.39, 0.29) is 0 Å². The molecule has 3 aromatic rings. The Kier molecular flexibility index (Phi) is 3.58. The van der Waals surface area contributed by atoms with Crippen molar-refractivity contribution in [2.75, 3.05) is 0 Å². The third-order valence-corrected chi connectivity index (χ3v) is 3.31. The maximum Gasteiger partial charge on any atom is 0.126 e. The third kappa shape index (κ3) is 2.87. The summed E-state index contributed by atoms with van der Waals surface area (Å²) < 4.78 is 26.5. The molecule has 1 unspecified atom stereocenters. The first-order chi connectivity index (χ1) is 10.1. The van der Waals surface area contributed by atoms with Gasteiger partial charge in [-0.05, 0) is 35.7 Å². The quantitative estimate of drug-likeness (QED) is 0.804. The lowest BCUT2D eigenvalue weighted by Gasteiger charge is -2.14. The van der Waals surface area contributed by atoms with Crippen molar-refractivity contribution in [3.05, 3.63) is 71.6 Å². The van der Waals surface area contributed by atoms with E-state index in [4.69, 9.17) is 5.73 Å². The fourth-order valence-corrected chi connectivity index (χ4v) is 2.41. The summed E-state index contributed by atoms with van der Waals surface area (Å²) in [6.07, 6.45) is 3.53. The van der Waals surface area contributed by atoms with Crippen LogP contribution in [-0.2, 0) is 6.42 Å². The Balaban J connectivity index is 1.95. The first-order valence-corrected chi connectivity index (χ1v) is 6.53. The van der Waals surface area contributed by atoms with Gasteiger partial charge >= 0.3 is 0 Å². The summed E-state index contributed by atoms with van der Waals surface area (Å²) in [6.45, 7) is 0. The second-order valence-corrected chi connectivity index (χ2v) is 4.86. The van der Waals surface area contributed by atoms with Crippen LogP contribution >= 0.6 is 0 Å². The average Bonchev–Trinajstić information content (AvgIpc) is 2.45. The highest BCUT2D eigenvalue weighted by molar-refractivity contribution is 5.78. The van der Waals surface area contributed by atoms with Gasteiger partial charge in [0, 0.05) is 24.5 Å². The smallest absolute Gasteiger partial charge is 0.126 e. The van der Waals surface area contributed by atoms with Crippen molar-refractivity contribution in [2.24, 2.45) is 5.73 Å². The van der Waals surface area contributed by atoms with E-state index in [1.54, 1.807) is 12.4 Å². The van der Waals surface area contributed by atoms with E-state index in [0.29, 0.717) is 17.5 Å². The molecule has 1 atom stereocenters. The van der Waals surface area contributed by atoms with E-state index in [1.807, 2.05) is 18.2 Å². The van der Waals surface area contributed by atoms with E-state index >= 15 is 0 Å². The molecule has 0 aliphatic rings. The maximum atomic E-state index is 13.2. The maximum absolute atomic E-state index is 13.2. The summed E-state index contributed by atoms with van der Waals surface area (Å²) >= 11 is 0. The number of halogens is 2. The summed E-state index contributed by atoms with van der Waals surface area (Å²) in [7, 11) is 0. The highest BCUT2D eigenvalue weighted by atomic mass is 19.1. The van der Waals surface area contributed by atoms with E-state index in [9.17, 15) is 8.78 Å². The summed E-state index contributed by atoms with van der Waals surface area (Å²) in [5.74, 6) is -1.20. The molecule has 5 heteroatoms. The Bertz CT molecular complexity index is 764. The molecular formula is C16H13F2N3. The zero-order chi connectivity index (χ0) is 14.8. The second-order valence-electron chi connectivity index (χ2n) is 4.86. The Morgan fingerprint density at radius 2 is 1.71 bits per heavy atom. The number of aromatic nitrogens is 2. The van der Waals surface area contributed by atoms with Crippen LogP contribution in [0, 0.1) is 11.6 Å². The highest BCUT2D eigenvalue weighted by Crippen LogP contribution is 2.23. The number of rotatable bonds is 3. The molecule has 0 aliphatic carbocycles. The van der Waals surface area contributed by atoms with Gasteiger partial charge in [0.05, 0.1) is 11.0 Å². The third-order valence-electron chi connectivity index (χ3n) is 3.31. The molecule has 0 saturated heterocycles. The lowest BCUT2D eigenvalue weighted by Crippen LogP contribution is -2.14. The molecule has 21 heavy (non-hydrogen) atoms. The number of benzene rings is 2. The zero-order valence-electron chi connectivity index (χ0n) is 11.1. The van der Waals surface area contributed by atoms with E-state index < -0.39 is 17.7 Å². The normalized spacial score (nSPS) is 12.5. The van der Waals surface area contributed by atoms with Gasteiger partial charge in [0.2, 0.25) is 0 Å². The van der Waals surface area contributed by atoms with Gasteiger partial charge in [0.25, 0.3) is 0 Å². The number of fused-ring (bicyclic) bond motifs is 1. The van der Waals surface area contributed by atoms with Crippen molar-refractivity contribution in [1.82, 2.24) is 9.97 Å². The van der Waals surface area contributed by atoms with Gasteiger partial charge in [-0.1, -0.05) is 12.1 Å². The van der Waals surface area contributed by atoms with Crippen molar-refractivity contribution in [2.45, 2.75) is 12.5 Å². The van der Waals surface area contributed by atoms with Crippen LogP contribution in [0.4, 0.5) is 8.78 Å². The second kappa shape index (κ2) is 5.54. The molecule has 2 N–H and O–H groups in total. The molecule has 1 heterocycles. The molecule has 1 aromatic heterocycles. The van der Waals surface area contributed by atoms with Crippen LogP contribution in [0.25, 0.3) is 11.0 Å². The highest BCUT2D eigenvalue weighted by Gasteiger charge is 2.13. The predicted octanol–water partition coefficient (Wildman–Crippen LogP) is 3.15. The van der Waals surface area contributed by atoms with Crippen molar-refractivity contribution < 1.29 is 8.78 Å². The lowest BCUT2D eigenvalue weighted by molar-refractivity contribution is 0.576. The minimum absolute atomic E-state index is 0.324. The SMILES string of the molecule is NC(Cc1cc(F)cc(F)c1)c1cccc2nccnc12. The summed E-state index contributed by atoms with van der Waals surface area (Å²) in [5.41, 5.74) is 8.96. The number of para-hydroxylation sites is 1. The van der Waals surface area contributed by atoms with Gasteiger partial charge in [0.1, 0.15) is 11.6 Å². The molecule has 0 fully saturated rings. The first kappa shape index (κ1) is 13.6. The first-order valence-electron chi connectivity index (χ1n) is 6.53. The van der Waals surface area contributed by atoms with Gasteiger partial charge in [-0.15, -0.1) is 0 Å². The molecule has 0 radical (unpaired) electrons. The Morgan fingerprint density at radius 3 is 2.48 bits per heavy atom. The van der Waals surface area contributed by atoms with E-state index in [1.165, 1.54) is 12.1 Å². The molecule has 3 nitrogen and oxygen atoms in total. The molecule has 0 saturated carbocycles. The van der Waals surface area contributed by atoms with Gasteiger partial charge in [-0.3, -0.25) is 9.97 Å². The van der Waals surface area contributed by atoms with Gasteiger partial charge < -0.3 is 5.73 Å². The van der Waals surface area contributed by atoms with E-state index in [0.717, 1.165) is 17.1 Å². The molecule has 2 aromatic carbocycles. The van der Waals surface area contributed by atoms with Crippen molar-refractivity contribution in [1.29, 1.82) is 0 Å². The molecule has 0 aliphatic heterocycles. The summed E-state index contributed by atoms with van der Waals surface area (Å²) in [6, 6.07) is 8.57. The van der Waals surface area contributed by atoms with Crippen LogP contribution in [0.1, 0.15) is 17.2 Å². The molecule has 0 bridgehead atoms. The number of nitrogens with zero attached hydrogens (tertiary/aromatic N) is 2. The zero-order valence-corrected chi connectivity index (χ0v) is 11.1. The van der Waals surface area contributed by atoms with Gasteiger partial charge in [-0.25, -0.2) is 8.78 Å². The monoisotopic (exact) mass is 285 g/mol. The lowest BCUT2D eigenvalue weighted by atomic mass is 9.98. The van der Waals surface area contributed by atoms with Crippen LogP contribution in [-0.4, -0.2) is 9.97 Å². The molecule has 3 rings (SSSR count). The van der Waals surface area contributed by atoms with Crippen LogP contribution in [0.3, 0.4) is 0 Å². The Labute approximate surface area is 120 Å². The summed E-state index contributed by atoms with van der Waals surface area (Å²) in [5, 5.41) is 0. The standard InChI is InChI=1S/C16H13F2N3/c17-11-6-10(7-12(18)9-11)8-14(19)13-2-1-3-15-16(13)21-5-4-20-15/h1-7,9,14H,8,19H2. The minimum Gasteiger partial charge on any atom is -0.324 e. The molecule has 0 amide bonds. The topological polar surface area (TPSA) is 51.8 Å². The summed E-state index contributed by atoms with van der Waals surface area (Å²) in [4.78, 5) is 8.51. The van der Waals surface area contributed by atoms with Gasteiger partial charge in [-0.2, -0.15) is 0 Å². The molecule has 0 spiro atoms. The van der Waals surface area contributed by atoms with Crippen LogP contribution in [0.2, 0.25) is 0 Å². The minimum atomic E-state index is -0.602. The Hall–Kier alpha value is -2.40. The Morgan fingerprint density at radius 1 is 1.00 bits per heavy atom. The van der Waals surface area contributed by atoms with Crippen LogP contribution < -0.4 is 5.73 Å². The van der Waals surface area contributed by atoms with Crippen molar-refractivity contribution in [3.8, 4) is 0 Å². The van der Waals surface area contributed by atoms with Gasteiger partial charge in [0.15, 0.2) is 0 Å². The van der Waals surface area contributed by atoms with Crippen molar-refractivity contribution in [3.63, 3.8) is 0 Å². The number of hydrogen-bond donors (Lipinski definition) is 1. The number of hydrogen-bond acceptors (Lipinski definition) is 3. The van der Waals surface area contributed by atoms with Crippen LogP contribution in [0.5, 0.6) is 0 Å². The van der Waals surface area contributed by atoms with Crippen LogP contribution in [0.15, 0.2) is 48.8 Å². The van der Waals surface area contributed by atoms with E-state index in [2.05, 4.69) is 9.97 Å². The predicted molar refractivity (Wildman–Crippen MR) is 76.5 cm³/mol. The number of nitrogens with two attached hydrogens (primary N) is 1. The largest absolute Gasteiger partial charge is 0.324 e. The fraction of sp³-hybridized carbons (Fsp3) is 0.125. The average molecular weight is 285 g/mol. The van der Waals surface area contributed by atoms with Crippen molar-refractivity contribution >= 4 is 11.0 Å². The molecular weight excluding hydrogens is 272 g/mol. The fourth-order valence-electron chi connectivity index (χ4n) is 2.41. The molecule has 106 valence electrons.